The minimum absolute atomic E-state index is 0.0433. The average molecular weight is 542 g/mol. The van der Waals surface area contributed by atoms with E-state index in [2.05, 4.69) is 10.6 Å². The Kier molecular flexibility index (Phi) is 10.2. The quantitative estimate of drug-likeness (QED) is 0.274. The van der Waals surface area contributed by atoms with Gasteiger partial charge in [-0.05, 0) is 56.3 Å². The third-order valence-electron chi connectivity index (χ3n) is 6.56. The highest BCUT2D eigenvalue weighted by Crippen LogP contribution is 2.35. The Balaban J connectivity index is 2.45. The van der Waals surface area contributed by atoms with E-state index < -0.39 is 59.6 Å². The van der Waals surface area contributed by atoms with Gasteiger partial charge in [-0.3, -0.25) is 28.9 Å². The summed E-state index contributed by atoms with van der Waals surface area (Å²) in [5, 5.41) is 13.2. The fraction of sp³-hybridized carbons (Fsp3) is 0.577. The molecule has 3 N–H and O–H groups in total. The van der Waals surface area contributed by atoms with E-state index in [4.69, 9.17) is 5.11 Å². The molecule has 1 aliphatic heterocycles. The number of halogens is 3. The van der Waals surface area contributed by atoms with Crippen molar-refractivity contribution in [3.8, 4) is 0 Å². The molecule has 1 aromatic rings. The van der Waals surface area contributed by atoms with Crippen LogP contribution < -0.4 is 10.6 Å². The van der Waals surface area contributed by atoms with Crippen LogP contribution in [-0.4, -0.2) is 76.7 Å². The number of carbonyl (C=O) groups excluding carboxylic acids is 4. The maximum absolute atomic E-state index is 13.9. The summed E-state index contributed by atoms with van der Waals surface area (Å²) >= 11 is 0. The Bertz CT molecular complexity index is 1060. The maximum Gasteiger partial charge on any atom is 0.452 e. The van der Waals surface area contributed by atoms with Gasteiger partial charge in [-0.2, -0.15) is 13.2 Å². The molecule has 38 heavy (non-hydrogen) atoms. The predicted octanol–water partition coefficient (Wildman–Crippen LogP) is 2.84. The highest BCUT2D eigenvalue weighted by molar-refractivity contribution is 6.19. The molecule has 1 heterocycles. The van der Waals surface area contributed by atoms with Crippen LogP contribution in [0.2, 0.25) is 0 Å². The Hall–Kier alpha value is -3.28. The van der Waals surface area contributed by atoms with Gasteiger partial charge in [0.2, 0.25) is 5.91 Å². The zero-order valence-electron chi connectivity index (χ0n) is 21.9. The summed E-state index contributed by atoms with van der Waals surface area (Å²) in [4.78, 5) is 64.1. The van der Waals surface area contributed by atoms with Gasteiger partial charge in [0.1, 0.15) is 6.54 Å². The maximum atomic E-state index is 13.9. The number of hydrogen-bond acceptors (Lipinski definition) is 6. The van der Waals surface area contributed by atoms with Crippen LogP contribution in [0.15, 0.2) is 24.3 Å². The number of nitrogens with zero attached hydrogens (tertiary/aromatic N) is 1. The molecule has 0 aromatic heterocycles. The van der Waals surface area contributed by atoms with Gasteiger partial charge in [0.15, 0.2) is 11.3 Å². The summed E-state index contributed by atoms with van der Waals surface area (Å²) in [5.41, 5.74) is -1.70. The Labute approximate surface area is 219 Å². The predicted molar refractivity (Wildman–Crippen MR) is 132 cm³/mol. The van der Waals surface area contributed by atoms with E-state index in [1.54, 1.807) is 4.90 Å². The van der Waals surface area contributed by atoms with Gasteiger partial charge >= 0.3 is 12.1 Å². The van der Waals surface area contributed by atoms with E-state index >= 15 is 0 Å². The van der Waals surface area contributed by atoms with E-state index in [1.807, 2.05) is 13.8 Å². The first-order valence-corrected chi connectivity index (χ1v) is 12.4. The van der Waals surface area contributed by atoms with Crippen LogP contribution in [0, 0.1) is 11.8 Å². The number of amides is 2. The van der Waals surface area contributed by atoms with E-state index in [0.717, 1.165) is 0 Å². The summed E-state index contributed by atoms with van der Waals surface area (Å²) in [6.07, 6.45) is -4.06. The molecule has 2 rings (SSSR count). The van der Waals surface area contributed by atoms with Crippen molar-refractivity contribution in [2.75, 3.05) is 19.6 Å². The molecule has 0 aliphatic carbocycles. The molecule has 1 saturated heterocycles. The highest BCUT2D eigenvalue weighted by Gasteiger charge is 2.55. The van der Waals surface area contributed by atoms with Crippen molar-refractivity contribution in [2.45, 2.75) is 64.7 Å². The van der Waals surface area contributed by atoms with Crippen molar-refractivity contribution in [3.05, 3.63) is 35.4 Å². The number of carboxylic acids is 1. The lowest BCUT2D eigenvalue weighted by Crippen LogP contribution is -2.64. The van der Waals surface area contributed by atoms with Crippen molar-refractivity contribution in [3.63, 3.8) is 0 Å². The number of ketones is 2. The fourth-order valence-corrected chi connectivity index (χ4v) is 4.45. The molecule has 210 valence electrons. The Morgan fingerprint density at radius 1 is 1.03 bits per heavy atom. The normalized spacial score (nSPS) is 18.9. The molecule has 1 aliphatic rings. The minimum Gasteiger partial charge on any atom is -0.480 e. The van der Waals surface area contributed by atoms with Gasteiger partial charge < -0.3 is 15.7 Å². The molecule has 0 saturated carbocycles. The van der Waals surface area contributed by atoms with E-state index in [1.165, 1.54) is 38.1 Å². The number of alkyl halides is 3. The molecule has 1 fully saturated rings. The summed E-state index contributed by atoms with van der Waals surface area (Å²) < 4.78 is 39.8. The molecule has 0 bridgehead atoms. The van der Waals surface area contributed by atoms with Gasteiger partial charge in [-0.1, -0.05) is 39.8 Å². The lowest BCUT2D eigenvalue weighted by atomic mass is 9.84. The Morgan fingerprint density at radius 3 is 2.11 bits per heavy atom. The van der Waals surface area contributed by atoms with Gasteiger partial charge in [-0.25, -0.2) is 0 Å². The van der Waals surface area contributed by atoms with Crippen molar-refractivity contribution in [1.29, 1.82) is 0 Å². The molecule has 2 unspecified atom stereocenters. The van der Waals surface area contributed by atoms with Crippen molar-refractivity contribution < 1.29 is 42.3 Å². The lowest BCUT2D eigenvalue weighted by Gasteiger charge is -2.38. The summed E-state index contributed by atoms with van der Waals surface area (Å²) in [6, 6.07) is 3.36. The fourth-order valence-electron chi connectivity index (χ4n) is 4.45. The molecule has 0 radical (unpaired) electrons. The molecule has 0 spiro atoms. The number of carbonyl (C=O) groups is 5. The Morgan fingerprint density at radius 2 is 1.61 bits per heavy atom. The smallest absolute Gasteiger partial charge is 0.452 e. The van der Waals surface area contributed by atoms with E-state index in [-0.39, 0.29) is 23.5 Å². The molecular weight excluding hydrogens is 507 g/mol. The third kappa shape index (κ3) is 7.18. The molecule has 12 heteroatoms. The number of hydrogen-bond donors (Lipinski definition) is 3. The van der Waals surface area contributed by atoms with E-state index in [0.29, 0.717) is 25.9 Å². The van der Waals surface area contributed by atoms with Gasteiger partial charge in [-0.15, -0.1) is 0 Å². The SMILES string of the molecule is CC(C)CCN1CCCC1(C(=O)NC(C(=O)C(F)(F)F)C(C)C)C(=O)c1ccc(C(=O)NCC(=O)O)cc1. The molecular formula is C26H34F3N3O6. The summed E-state index contributed by atoms with van der Waals surface area (Å²) in [6.45, 7) is 6.79. The molecule has 2 atom stereocenters. The van der Waals surface area contributed by atoms with Crippen LogP contribution in [0.5, 0.6) is 0 Å². The molecule has 2 amide bonds. The zero-order valence-corrected chi connectivity index (χ0v) is 21.9. The second-order valence-electron chi connectivity index (χ2n) is 10.2. The molecule has 1 aromatic carbocycles. The summed E-state index contributed by atoms with van der Waals surface area (Å²) in [7, 11) is 0. The van der Waals surface area contributed by atoms with Crippen LogP contribution in [0.4, 0.5) is 13.2 Å². The van der Waals surface area contributed by atoms with Crippen LogP contribution in [-0.2, 0) is 14.4 Å². The summed E-state index contributed by atoms with van der Waals surface area (Å²) in [5.74, 6) is -6.28. The van der Waals surface area contributed by atoms with Crippen molar-refractivity contribution in [1.82, 2.24) is 15.5 Å². The number of likely N-dealkylation sites (tertiary alicyclic amines) is 1. The lowest BCUT2D eigenvalue weighted by molar-refractivity contribution is -0.175. The minimum atomic E-state index is -5.16. The zero-order chi connectivity index (χ0) is 28.8. The number of carboxylic acid groups (broad SMARTS) is 1. The first-order valence-electron chi connectivity index (χ1n) is 12.4. The van der Waals surface area contributed by atoms with Gasteiger partial charge in [0, 0.05) is 11.1 Å². The second kappa shape index (κ2) is 12.5. The van der Waals surface area contributed by atoms with Gasteiger partial charge in [0.05, 0.1) is 6.04 Å². The van der Waals surface area contributed by atoms with Gasteiger partial charge in [0.25, 0.3) is 11.7 Å². The highest BCUT2D eigenvalue weighted by atomic mass is 19.4. The second-order valence-corrected chi connectivity index (χ2v) is 10.2. The standard InChI is InChI=1S/C26H34F3N3O6/c1-15(2)10-13-32-12-5-11-25(32,24(38)31-20(16(3)4)22(36)26(27,28)29)21(35)17-6-8-18(9-7-17)23(37)30-14-19(33)34/h6-9,15-16,20H,5,10-14H2,1-4H3,(H,30,37)(H,31,38)(H,33,34). The largest absolute Gasteiger partial charge is 0.480 e. The number of aliphatic carboxylic acids is 1. The first-order chi connectivity index (χ1) is 17.6. The third-order valence-corrected chi connectivity index (χ3v) is 6.56. The number of rotatable bonds is 12. The van der Waals surface area contributed by atoms with E-state index in [9.17, 15) is 37.1 Å². The first kappa shape index (κ1) is 30.9. The van der Waals surface area contributed by atoms with Crippen LogP contribution in [0.1, 0.15) is 67.7 Å². The van der Waals surface area contributed by atoms with Crippen molar-refractivity contribution in [2.24, 2.45) is 11.8 Å². The van der Waals surface area contributed by atoms with Crippen LogP contribution in [0.25, 0.3) is 0 Å². The number of benzene rings is 1. The van der Waals surface area contributed by atoms with Crippen molar-refractivity contribution >= 4 is 29.4 Å². The number of nitrogens with one attached hydrogen (secondary N) is 2. The average Bonchev–Trinajstić information content (AvgIpc) is 3.27. The topological polar surface area (TPSA) is 133 Å². The van der Waals surface area contributed by atoms with Crippen LogP contribution in [0.3, 0.4) is 0 Å². The molecule has 9 nitrogen and oxygen atoms in total. The monoisotopic (exact) mass is 541 g/mol. The number of Topliss-reactive ketones (excluding diaryl/α,β-unsaturated/α-hetero) is 2. The van der Waals surface area contributed by atoms with Crippen LogP contribution >= 0.6 is 0 Å².